The van der Waals surface area contributed by atoms with E-state index in [1.54, 1.807) is 47.0 Å². The third-order valence-corrected chi connectivity index (χ3v) is 7.40. The van der Waals surface area contributed by atoms with Gasteiger partial charge in [0.25, 0.3) is 10.0 Å². The van der Waals surface area contributed by atoms with Crippen LogP contribution in [0.3, 0.4) is 0 Å². The van der Waals surface area contributed by atoms with Crippen molar-refractivity contribution in [2.75, 3.05) is 30.4 Å². The zero-order chi connectivity index (χ0) is 20.1. The largest absolute Gasteiger partial charge is 0.493 e. The number of nitrogens with one attached hydrogen (secondary N) is 1. The van der Waals surface area contributed by atoms with Gasteiger partial charge in [0.05, 0.1) is 36.9 Å². The minimum absolute atomic E-state index is 0.0582. The second kappa shape index (κ2) is 6.89. The number of carbonyl (C=O) groups excluding carboxylic acids is 1. The molecule has 2 aliphatic rings. The van der Waals surface area contributed by atoms with Crippen LogP contribution >= 0.6 is 11.8 Å². The number of benzene rings is 2. The van der Waals surface area contributed by atoms with Crippen molar-refractivity contribution >= 4 is 39.1 Å². The molecule has 0 radical (unpaired) electrons. The Morgan fingerprint density at radius 1 is 1.14 bits per heavy atom. The first-order chi connectivity index (χ1) is 13.3. The fourth-order valence-corrected chi connectivity index (χ4v) is 6.03. The first kappa shape index (κ1) is 18.9. The number of ether oxygens (including phenoxy) is 2. The number of rotatable bonds is 5. The molecule has 148 valence electrons. The van der Waals surface area contributed by atoms with Crippen molar-refractivity contribution < 1.29 is 22.7 Å². The number of anilines is 2. The van der Waals surface area contributed by atoms with Crippen molar-refractivity contribution in [1.29, 1.82) is 0 Å². The molecule has 1 amide bonds. The third kappa shape index (κ3) is 3.08. The first-order valence-electron chi connectivity index (χ1n) is 8.72. The van der Waals surface area contributed by atoms with Gasteiger partial charge >= 0.3 is 0 Å². The minimum Gasteiger partial charge on any atom is -0.493 e. The Morgan fingerprint density at radius 3 is 2.61 bits per heavy atom. The maximum atomic E-state index is 13.1. The van der Waals surface area contributed by atoms with Crippen LogP contribution in [0, 0.1) is 0 Å². The molecule has 0 fully saturated rings. The number of methoxy groups -OCH3 is 2. The molecule has 0 bridgehead atoms. The summed E-state index contributed by atoms with van der Waals surface area (Å²) in [5, 5.41) is 0.273. The third-order valence-electron chi connectivity index (χ3n) is 4.79. The van der Waals surface area contributed by atoms with Crippen LogP contribution in [0.2, 0.25) is 0 Å². The average molecular weight is 421 g/mol. The topological polar surface area (TPSA) is 84.9 Å². The van der Waals surface area contributed by atoms with Gasteiger partial charge in [-0.2, -0.15) is 0 Å². The summed E-state index contributed by atoms with van der Waals surface area (Å²) in [5.41, 5.74) is 1.66. The van der Waals surface area contributed by atoms with E-state index >= 15 is 0 Å². The highest BCUT2D eigenvalue weighted by Crippen LogP contribution is 2.46. The van der Waals surface area contributed by atoms with E-state index in [0.717, 1.165) is 10.6 Å². The predicted molar refractivity (Wildman–Crippen MR) is 108 cm³/mol. The highest BCUT2D eigenvalue weighted by molar-refractivity contribution is 8.00. The van der Waals surface area contributed by atoms with Crippen LogP contribution in [0.15, 0.2) is 40.1 Å². The van der Waals surface area contributed by atoms with Gasteiger partial charge in [-0.3, -0.25) is 9.52 Å². The molecular formula is C19H20N2O5S2. The maximum absolute atomic E-state index is 13.1. The van der Waals surface area contributed by atoms with Crippen LogP contribution in [0.4, 0.5) is 11.4 Å². The summed E-state index contributed by atoms with van der Waals surface area (Å²) in [4.78, 5) is 15.2. The Balaban J connectivity index is 1.73. The number of thioether (sulfide) groups is 1. The summed E-state index contributed by atoms with van der Waals surface area (Å²) in [5.74, 6) is 0.867. The number of hydrogen-bond donors (Lipinski definition) is 1. The molecule has 0 spiro atoms. The molecule has 1 N–H and O–H groups in total. The number of hydrogen-bond acceptors (Lipinski definition) is 6. The van der Waals surface area contributed by atoms with E-state index in [1.807, 2.05) is 0 Å². The van der Waals surface area contributed by atoms with Crippen molar-refractivity contribution in [2.45, 2.75) is 28.4 Å². The molecule has 4 rings (SSSR count). The van der Waals surface area contributed by atoms with Gasteiger partial charge in [-0.25, -0.2) is 8.42 Å². The van der Waals surface area contributed by atoms with Crippen LogP contribution in [0.25, 0.3) is 0 Å². The second-order valence-corrected chi connectivity index (χ2v) is 9.80. The van der Waals surface area contributed by atoms with Gasteiger partial charge in [-0.15, -0.1) is 11.8 Å². The van der Waals surface area contributed by atoms with Gasteiger partial charge < -0.3 is 14.4 Å². The highest BCUT2D eigenvalue weighted by Gasteiger charge is 2.38. The van der Waals surface area contributed by atoms with E-state index in [2.05, 4.69) is 11.6 Å². The maximum Gasteiger partial charge on any atom is 0.262 e. The lowest BCUT2D eigenvalue weighted by molar-refractivity contribution is -0.117. The van der Waals surface area contributed by atoms with Gasteiger partial charge in [-0.1, -0.05) is 6.92 Å². The Kier molecular flexibility index (Phi) is 4.67. The molecule has 9 heteroatoms. The standard InChI is InChI=1S/C19H20N2O5S2/c1-11-10-21-18(22)9-13-17(7-6-16(27-11)19(13)21)28(23,24)20-12-4-5-14(25-2)15(8-12)26-3/h4-8,11,20H,9-10H2,1-3H3/t11-/m1/s1. The molecule has 7 nitrogen and oxygen atoms in total. The van der Waals surface area contributed by atoms with Crippen LogP contribution in [-0.2, 0) is 21.2 Å². The van der Waals surface area contributed by atoms with Gasteiger partial charge in [0.15, 0.2) is 11.5 Å². The summed E-state index contributed by atoms with van der Waals surface area (Å²) in [6.07, 6.45) is 0.0959. The van der Waals surface area contributed by atoms with Gasteiger partial charge in [-0.05, 0) is 24.3 Å². The van der Waals surface area contributed by atoms with E-state index < -0.39 is 10.0 Å². The normalized spacial score (nSPS) is 18.0. The van der Waals surface area contributed by atoms with E-state index in [4.69, 9.17) is 9.47 Å². The van der Waals surface area contributed by atoms with Gasteiger partial charge in [0.2, 0.25) is 5.91 Å². The SMILES string of the molecule is COc1ccc(NS(=O)(=O)c2ccc3c4c2CC(=O)N4C[C@@H](C)S3)cc1OC. The molecule has 0 saturated heterocycles. The second-order valence-electron chi connectivity index (χ2n) is 6.67. The highest BCUT2D eigenvalue weighted by atomic mass is 32.2. The fourth-order valence-electron chi connectivity index (χ4n) is 3.60. The van der Waals surface area contributed by atoms with Crippen LogP contribution < -0.4 is 19.1 Å². The van der Waals surface area contributed by atoms with E-state index in [-0.39, 0.29) is 22.5 Å². The smallest absolute Gasteiger partial charge is 0.262 e. The van der Waals surface area contributed by atoms with E-state index in [0.29, 0.717) is 29.3 Å². The molecule has 0 aliphatic carbocycles. The number of carbonyl (C=O) groups is 1. The fraction of sp³-hybridized carbons (Fsp3) is 0.316. The molecule has 0 unspecified atom stereocenters. The Labute approximate surface area is 168 Å². The van der Waals surface area contributed by atoms with Crippen molar-refractivity contribution in [1.82, 2.24) is 0 Å². The van der Waals surface area contributed by atoms with Gasteiger partial charge in [0, 0.05) is 28.3 Å². The molecule has 2 aromatic carbocycles. The predicted octanol–water partition coefficient (Wildman–Crippen LogP) is 2.89. The molecule has 0 saturated carbocycles. The first-order valence-corrected chi connectivity index (χ1v) is 11.1. The summed E-state index contributed by atoms with van der Waals surface area (Å²) < 4.78 is 39.2. The quantitative estimate of drug-likeness (QED) is 0.801. The van der Waals surface area contributed by atoms with Crippen LogP contribution in [-0.4, -0.2) is 40.3 Å². The lowest BCUT2D eigenvalue weighted by Crippen LogP contribution is -2.35. The Hall–Kier alpha value is -2.39. The van der Waals surface area contributed by atoms with E-state index in [1.165, 1.54) is 14.2 Å². The summed E-state index contributed by atoms with van der Waals surface area (Å²) >= 11 is 1.66. The molecule has 1 atom stereocenters. The van der Waals surface area contributed by atoms with Crippen molar-refractivity contribution in [3.8, 4) is 11.5 Å². The number of sulfonamides is 1. The number of amides is 1. The number of nitrogens with zero attached hydrogens (tertiary/aromatic N) is 1. The monoisotopic (exact) mass is 420 g/mol. The van der Waals surface area contributed by atoms with E-state index in [9.17, 15) is 13.2 Å². The molecule has 0 aromatic heterocycles. The van der Waals surface area contributed by atoms with Gasteiger partial charge in [0.1, 0.15) is 0 Å². The molecule has 2 heterocycles. The van der Waals surface area contributed by atoms with Crippen LogP contribution in [0.1, 0.15) is 12.5 Å². The Morgan fingerprint density at radius 2 is 1.89 bits per heavy atom. The Bertz CT molecular complexity index is 1070. The lowest BCUT2D eigenvalue weighted by Gasteiger charge is -2.29. The van der Waals surface area contributed by atoms with Crippen molar-refractivity contribution in [2.24, 2.45) is 0 Å². The summed E-state index contributed by atoms with van der Waals surface area (Å²) in [6.45, 7) is 2.65. The summed E-state index contributed by atoms with van der Waals surface area (Å²) in [6, 6.07) is 8.16. The molecule has 2 aromatic rings. The minimum atomic E-state index is -3.88. The van der Waals surface area contributed by atoms with Crippen molar-refractivity contribution in [3.05, 3.63) is 35.9 Å². The molecule has 28 heavy (non-hydrogen) atoms. The molecular weight excluding hydrogens is 400 g/mol. The average Bonchev–Trinajstić information content (AvgIpc) is 2.98. The lowest BCUT2D eigenvalue weighted by atomic mass is 10.1. The zero-order valence-electron chi connectivity index (χ0n) is 15.7. The van der Waals surface area contributed by atoms with Crippen molar-refractivity contribution in [3.63, 3.8) is 0 Å². The summed E-state index contributed by atoms with van der Waals surface area (Å²) in [7, 11) is -0.882. The zero-order valence-corrected chi connectivity index (χ0v) is 17.3. The van der Waals surface area contributed by atoms with Crippen LogP contribution in [0.5, 0.6) is 11.5 Å². The molecule has 2 aliphatic heterocycles.